The lowest BCUT2D eigenvalue weighted by Gasteiger charge is -2.34. The van der Waals surface area contributed by atoms with Crippen molar-refractivity contribution in [3.8, 4) is 0 Å². The van der Waals surface area contributed by atoms with Crippen LogP contribution < -0.4 is 5.73 Å². The van der Waals surface area contributed by atoms with Crippen molar-refractivity contribution >= 4 is 16.0 Å². The zero-order valence-corrected chi connectivity index (χ0v) is 14.3. The standard InChI is InChI=1S/C13H28N4O3S/c1-5-16(6-2)13(14)15-7-8-21(18,19)17-9-11(3)20-12(4)10-17/h11-12H,5-10H2,1-4H3,(H2,14,15). The molecule has 1 aliphatic rings. The smallest absolute Gasteiger partial charge is 0.216 e. The van der Waals surface area contributed by atoms with Gasteiger partial charge < -0.3 is 15.4 Å². The highest BCUT2D eigenvalue weighted by molar-refractivity contribution is 7.89. The normalized spacial score (nSPS) is 25.0. The predicted molar refractivity (Wildman–Crippen MR) is 84.8 cm³/mol. The molecule has 0 radical (unpaired) electrons. The van der Waals surface area contributed by atoms with Gasteiger partial charge in [0.1, 0.15) is 0 Å². The van der Waals surface area contributed by atoms with E-state index >= 15 is 0 Å². The topological polar surface area (TPSA) is 88.2 Å². The van der Waals surface area contributed by atoms with Crippen LogP contribution in [0.1, 0.15) is 27.7 Å². The van der Waals surface area contributed by atoms with Gasteiger partial charge in [0.15, 0.2) is 5.96 Å². The first-order valence-electron chi connectivity index (χ1n) is 7.48. The summed E-state index contributed by atoms with van der Waals surface area (Å²) in [5.41, 5.74) is 5.84. The maximum absolute atomic E-state index is 12.3. The first-order chi connectivity index (χ1) is 9.80. The molecule has 0 spiro atoms. The van der Waals surface area contributed by atoms with E-state index < -0.39 is 10.0 Å². The number of ether oxygens (including phenoxy) is 1. The van der Waals surface area contributed by atoms with Gasteiger partial charge in [-0.05, 0) is 27.7 Å². The molecule has 2 unspecified atom stereocenters. The van der Waals surface area contributed by atoms with Gasteiger partial charge in [0.2, 0.25) is 10.0 Å². The molecular weight excluding hydrogens is 292 g/mol. The molecule has 0 aromatic heterocycles. The molecule has 2 N–H and O–H groups in total. The van der Waals surface area contributed by atoms with Crippen LogP contribution in [0.4, 0.5) is 0 Å². The van der Waals surface area contributed by atoms with Crippen LogP contribution in [-0.2, 0) is 14.8 Å². The molecule has 8 heteroatoms. The van der Waals surface area contributed by atoms with Crippen molar-refractivity contribution in [1.29, 1.82) is 0 Å². The highest BCUT2D eigenvalue weighted by Crippen LogP contribution is 2.14. The lowest BCUT2D eigenvalue weighted by molar-refractivity contribution is -0.0440. The Balaban J connectivity index is 2.59. The fraction of sp³-hybridized carbons (Fsp3) is 0.923. The fourth-order valence-electron chi connectivity index (χ4n) is 2.41. The minimum Gasteiger partial charge on any atom is -0.373 e. The van der Waals surface area contributed by atoms with Gasteiger partial charge in [-0.2, -0.15) is 4.31 Å². The minimum absolute atomic E-state index is 0.0194. The quantitative estimate of drug-likeness (QED) is 0.553. The second-order valence-electron chi connectivity index (χ2n) is 5.30. The van der Waals surface area contributed by atoms with Gasteiger partial charge in [-0.15, -0.1) is 0 Å². The van der Waals surface area contributed by atoms with Crippen molar-refractivity contribution in [2.24, 2.45) is 10.7 Å². The summed E-state index contributed by atoms with van der Waals surface area (Å²) in [6.07, 6.45) is -0.152. The molecule has 124 valence electrons. The largest absolute Gasteiger partial charge is 0.373 e. The summed E-state index contributed by atoms with van der Waals surface area (Å²) >= 11 is 0. The van der Waals surface area contributed by atoms with Crippen LogP contribution in [0.15, 0.2) is 4.99 Å². The molecule has 1 rings (SSSR count). The molecule has 0 aromatic carbocycles. The third-order valence-electron chi connectivity index (χ3n) is 3.49. The van der Waals surface area contributed by atoms with Gasteiger partial charge in [-0.25, -0.2) is 8.42 Å². The van der Waals surface area contributed by atoms with Gasteiger partial charge in [0, 0.05) is 26.2 Å². The third kappa shape index (κ3) is 5.44. The Labute approximate surface area is 128 Å². The molecular formula is C13H28N4O3S. The highest BCUT2D eigenvalue weighted by Gasteiger charge is 2.30. The monoisotopic (exact) mass is 320 g/mol. The molecule has 1 saturated heterocycles. The third-order valence-corrected chi connectivity index (χ3v) is 5.27. The SMILES string of the molecule is CCN(CC)C(N)=NCCS(=O)(=O)N1CC(C)OC(C)C1. The highest BCUT2D eigenvalue weighted by atomic mass is 32.2. The molecule has 0 aliphatic carbocycles. The van der Waals surface area contributed by atoms with E-state index in [9.17, 15) is 8.42 Å². The van der Waals surface area contributed by atoms with Gasteiger partial charge >= 0.3 is 0 Å². The minimum atomic E-state index is -3.31. The van der Waals surface area contributed by atoms with Gasteiger partial charge in [-0.3, -0.25) is 4.99 Å². The average molecular weight is 320 g/mol. The van der Waals surface area contributed by atoms with Crippen LogP contribution in [0.25, 0.3) is 0 Å². The van der Waals surface area contributed by atoms with E-state index in [1.807, 2.05) is 32.6 Å². The second-order valence-corrected chi connectivity index (χ2v) is 7.39. The van der Waals surface area contributed by atoms with Crippen molar-refractivity contribution in [3.05, 3.63) is 0 Å². The summed E-state index contributed by atoms with van der Waals surface area (Å²) in [6, 6.07) is 0. The lowest BCUT2D eigenvalue weighted by Crippen LogP contribution is -2.49. The Bertz CT molecular complexity index is 438. The number of sulfonamides is 1. The van der Waals surface area contributed by atoms with Crippen molar-refractivity contribution in [2.45, 2.75) is 39.9 Å². The number of rotatable bonds is 6. The van der Waals surface area contributed by atoms with Crippen LogP contribution in [-0.4, -0.2) is 74.3 Å². The van der Waals surface area contributed by atoms with Crippen LogP contribution >= 0.6 is 0 Å². The summed E-state index contributed by atoms with van der Waals surface area (Å²) in [6.45, 7) is 10.3. The maximum Gasteiger partial charge on any atom is 0.216 e. The van der Waals surface area contributed by atoms with Crippen LogP contribution in [0.3, 0.4) is 0 Å². The summed E-state index contributed by atoms with van der Waals surface area (Å²) in [5.74, 6) is 0.382. The van der Waals surface area contributed by atoms with E-state index in [2.05, 4.69) is 4.99 Å². The molecule has 0 bridgehead atoms. The van der Waals surface area contributed by atoms with Crippen LogP contribution in [0, 0.1) is 0 Å². The number of hydrogen-bond donors (Lipinski definition) is 1. The predicted octanol–water partition coefficient (Wildman–Crippen LogP) is 0.0819. The van der Waals surface area contributed by atoms with E-state index in [1.165, 1.54) is 4.31 Å². The number of morpholine rings is 1. The second kappa shape index (κ2) is 7.95. The van der Waals surface area contributed by atoms with E-state index in [0.29, 0.717) is 19.0 Å². The number of guanidine groups is 1. The zero-order valence-electron chi connectivity index (χ0n) is 13.4. The van der Waals surface area contributed by atoms with Crippen molar-refractivity contribution in [3.63, 3.8) is 0 Å². The van der Waals surface area contributed by atoms with Crippen LogP contribution in [0.5, 0.6) is 0 Å². The molecule has 0 amide bonds. The average Bonchev–Trinajstić information content (AvgIpc) is 2.38. The number of hydrogen-bond acceptors (Lipinski definition) is 4. The van der Waals surface area contributed by atoms with Gasteiger partial charge in [0.25, 0.3) is 0 Å². The Morgan fingerprint density at radius 3 is 2.29 bits per heavy atom. The van der Waals surface area contributed by atoms with Crippen molar-refractivity contribution in [1.82, 2.24) is 9.21 Å². The molecule has 1 aliphatic heterocycles. The summed E-state index contributed by atoms with van der Waals surface area (Å²) in [4.78, 5) is 6.06. The number of aliphatic imine (C=N–C) groups is 1. The summed E-state index contributed by atoms with van der Waals surface area (Å²) < 4.78 is 31.7. The molecule has 7 nitrogen and oxygen atoms in total. The van der Waals surface area contributed by atoms with E-state index in [-0.39, 0.29) is 24.5 Å². The molecule has 21 heavy (non-hydrogen) atoms. The molecule has 0 aromatic rings. The molecule has 1 heterocycles. The molecule has 0 saturated carbocycles. The first kappa shape index (κ1) is 18.2. The Morgan fingerprint density at radius 2 is 1.81 bits per heavy atom. The Kier molecular flexibility index (Phi) is 6.89. The van der Waals surface area contributed by atoms with E-state index in [1.54, 1.807) is 0 Å². The molecule has 1 fully saturated rings. The number of nitrogens with two attached hydrogens (primary N) is 1. The van der Waals surface area contributed by atoms with Crippen LogP contribution in [0.2, 0.25) is 0 Å². The fourth-order valence-corrected chi connectivity index (χ4v) is 3.86. The first-order valence-corrected chi connectivity index (χ1v) is 9.09. The maximum atomic E-state index is 12.3. The molecule has 2 atom stereocenters. The number of nitrogens with zero attached hydrogens (tertiary/aromatic N) is 3. The Morgan fingerprint density at radius 1 is 1.29 bits per heavy atom. The van der Waals surface area contributed by atoms with Gasteiger partial charge in [-0.1, -0.05) is 0 Å². The summed E-state index contributed by atoms with van der Waals surface area (Å²) in [7, 11) is -3.31. The van der Waals surface area contributed by atoms with Crippen molar-refractivity contribution < 1.29 is 13.2 Å². The van der Waals surface area contributed by atoms with Crippen molar-refractivity contribution in [2.75, 3.05) is 38.5 Å². The van der Waals surface area contributed by atoms with Gasteiger partial charge in [0.05, 0.1) is 24.5 Å². The van der Waals surface area contributed by atoms with E-state index in [0.717, 1.165) is 13.1 Å². The summed E-state index contributed by atoms with van der Waals surface area (Å²) in [5, 5.41) is 0. The zero-order chi connectivity index (χ0) is 16.0. The van der Waals surface area contributed by atoms with E-state index in [4.69, 9.17) is 10.5 Å². The Hall–Kier alpha value is -0.860. The lowest BCUT2D eigenvalue weighted by atomic mass is 10.3.